The summed E-state index contributed by atoms with van der Waals surface area (Å²) in [6.45, 7) is 6.32. The molecule has 1 fully saturated rings. The molecule has 0 spiro atoms. The molecule has 1 N–H and O–H groups in total. The van der Waals surface area contributed by atoms with Gasteiger partial charge in [0.05, 0.1) is 11.9 Å². The number of alkyl halides is 1. The second kappa shape index (κ2) is 8.44. The number of hydrogen-bond donors (Lipinski definition) is 1. The smallest absolute Gasteiger partial charge is 0.130 e. The van der Waals surface area contributed by atoms with Gasteiger partial charge in [0.15, 0.2) is 0 Å². The molecule has 1 aliphatic rings. The van der Waals surface area contributed by atoms with Crippen LogP contribution in [0.2, 0.25) is 0 Å². The number of hydrogen-bond acceptors (Lipinski definition) is 5. The number of rotatable bonds is 6. The molecule has 1 saturated heterocycles. The molecule has 3 aromatic rings. The number of fused-ring (bicyclic) bond motifs is 1. The van der Waals surface area contributed by atoms with Crippen molar-refractivity contribution in [3.05, 3.63) is 61.3 Å². The Morgan fingerprint density at radius 1 is 1.11 bits per heavy atom. The molecule has 0 atom stereocenters. The van der Waals surface area contributed by atoms with Crippen LogP contribution < -0.4 is 5.32 Å². The number of benzene rings is 1. The van der Waals surface area contributed by atoms with E-state index < -0.39 is 0 Å². The Hall–Kier alpha value is -2.86. The molecule has 2 aromatic heterocycles. The van der Waals surface area contributed by atoms with E-state index in [4.69, 9.17) is 0 Å². The fraction of sp³-hybridized carbons (Fsp3) is 0.318. The van der Waals surface area contributed by atoms with Crippen molar-refractivity contribution in [1.82, 2.24) is 19.9 Å². The van der Waals surface area contributed by atoms with E-state index in [1.54, 1.807) is 18.6 Å². The molecule has 0 unspecified atom stereocenters. The third-order valence-corrected chi connectivity index (χ3v) is 5.35. The van der Waals surface area contributed by atoms with Crippen molar-refractivity contribution in [2.45, 2.75) is 12.8 Å². The van der Waals surface area contributed by atoms with Crippen LogP contribution in [0.3, 0.4) is 0 Å². The minimum Gasteiger partial charge on any atom is -0.344 e. The van der Waals surface area contributed by atoms with Gasteiger partial charge in [-0.25, -0.2) is 9.37 Å². The lowest BCUT2D eigenvalue weighted by atomic mass is 9.94. The van der Waals surface area contributed by atoms with Crippen LogP contribution in [-0.4, -0.2) is 46.2 Å². The fourth-order valence-electron chi connectivity index (χ4n) is 3.71. The van der Waals surface area contributed by atoms with Crippen LogP contribution in [0.5, 0.6) is 0 Å². The number of likely N-dealkylation sites (tertiary alicyclic amines) is 1. The summed E-state index contributed by atoms with van der Waals surface area (Å²) in [5, 5.41) is 5.55. The highest BCUT2D eigenvalue weighted by atomic mass is 19.1. The standard InChI is InChI=1S/C22H24FN5/c1-16(17-4-9-28(10-5-17)11-6-23)27-22-13-20-12-18(2-3-19(20)14-26-22)21-15-24-7-8-25-21/h2-3,7-8,12-15,17H,1,4-6,9-11H2,(H,26,27). The van der Waals surface area contributed by atoms with Gasteiger partial charge in [0.25, 0.3) is 0 Å². The molecular weight excluding hydrogens is 353 g/mol. The minimum absolute atomic E-state index is 0.276. The summed E-state index contributed by atoms with van der Waals surface area (Å²) >= 11 is 0. The van der Waals surface area contributed by atoms with Gasteiger partial charge >= 0.3 is 0 Å². The highest BCUT2D eigenvalue weighted by Gasteiger charge is 2.21. The van der Waals surface area contributed by atoms with E-state index in [-0.39, 0.29) is 6.67 Å². The summed E-state index contributed by atoms with van der Waals surface area (Å²) in [7, 11) is 0. The Bertz CT molecular complexity index is 952. The first kappa shape index (κ1) is 18.5. The molecule has 3 heterocycles. The first-order valence-electron chi connectivity index (χ1n) is 9.63. The fourth-order valence-corrected chi connectivity index (χ4v) is 3.71. The van der Waals surface area contributed by atoms with Crippen LogP contribution >= 0.6 is 0 Å². The predicted molar refractivity (Wildman–Crippen MR) is 111 cm³/mol. The van der Waals surface area contributed by atoms with Crippen LogP contribution in [0.15, 0.2) is 61.3 Å². The summed E-state index contributed by atoms with van der Waals surface area (Å²) < 4.78 is 12.5. The lowest BCUT2D eigenvalue weighted by molar-refractivity contribution is 0.186. The van der Waals surface area contributed by atoms with Crippen molar-refractivity contribution < 1.29 is 4.39 Å². The second-order valence-corrected chi connectivity index (χ2v) is 7.18. The SMILES string of the molecule is C=C(Nc1cc2cc(-c3cnccn3)ccc2cn1)C1CCN(CCF)CC1. The Labute approximate surface area is 164 Å². The molecule has 4 rings (SSSR count). The van der Waals surface area contributed by atoms with Crippen molar-refractivity contribution in [3.8, 4) is 11.3 Å². The van der Waals surface area contributed by atoms with Gasteiger partial charge < -0.3 is 10.2 Å². The molecule has 6 heteroatoms. The Morgan fingerprint density at radius 2 is 1.96 bits per heavy atom. The minimum atomic E-state index is -0.276. The van der Waals surface area contributed by atoms with E-state index in [1.807, 2.05) is 24.4 Å². The van der Waals surface area contributed by atoms with Crippen LogP contribution in [0.25, 0.3) is 22.0 Å². The van der Waals surface area contributed by atoms with Gasteiger partial charge in [-0.1, -0.05) is 18.7 Å². The average molecular weight is 377 g/mol. The van der Waals surface area contributed by atoms with Gasteiger partial charge in [0, 0.05) is 47.7 Å². The first-order chi connectivity index (χ1) is 13.7. The van der Waals surface area contributed by atoms with Gasteiger partial charge in [0.1, 0.15) is 12.5 Å². The van der Waals surface area contributed by atoms with Crippen molar-refractivity contribution in [1.29, 1.82) is 0 Å². The highest BCUT2D eigenvalue weighted by Crippen LogP contribution is 2.27. The number of allylic oxidation sites excluding steroid dienone is 1. The van der Waals surface area contributed by atoms with Crippen molar-refractivity contribution in [2.24, 2.45) is 5.92 Å². The van der Waals surface area contributed by atoms with E-state index in [2.05, 4.69) is 37.8 Å². The molecule has 5 nitrogen and oxygen atoms in total. The maximum Gasteiger partial charge on any atom is 0.130 e. The molecule has 0 saturated carbocycles. The lowest BCUT2D eigenvalue weighted by Gasteiger charge is -2.32. The van der Waals surface area contributed by atoms with Crippen molar-refractivity contribution in [2.75, 3.05) is 31.6 Å². The highest BCUT2D eigenvalue weighted by molar-refractivity contribution is 5.88. The number of nitrogens with one attached hydrogen (secondary N) is 1. The molecule has 0 amide bonds. The Morgan fingerprint density at radius 3 is 2.71 bits per heavy atom. The Balaban J connectivity index is 1.47. The van der Waals surface area contributed by atoms with Gasteiger partial charge in [-0.3, -0.25) is 9.97 Å². The Kier molecular flexibility index (Phi) is 5.58. The summed E-state index contributed by atoms with van der Waals surface area (Å²) in [4.78, 5) is 15.2. The van der Waals surface area contributed by atoms with E-state index in [0.29, 0.717) is 12.5 Å². The molecule has 0 radical (unpaired) electrons. The quantitative estimate of drug-likeness (QED) is 0.694. The van der Waals surface area contributed by atoms with E-state index in [0.717, 1.165) is 59.5 Å². The zero-order chi connectivity index (χ0) is 19.3. The summed E-state index contributed by atoms with van der Waals surface area (Å²) in [6, 6.07) is 8.22. The van der Waals surface area contributed by atoms with E-state index >= 15 is 0 Å². The number of piperidine rings is 1. The third kappa shape index (κ3) is 4.17. The number of anilines is 1. The van der Waals surface area contributed by atoms with Crippen LogP contribution in [-0.2, 0) is 0 Å². The summed E-state index contributed by atoms with van der Waals surface area (Å²) in [6.07, 6.45) is 8.99. The molecule has 0 aliphatic carbocycles. The van der Waals surface area contributed by atoms with Crippen LogP contribution in [0, 0.1) is 5.92 Å². The number of aromatic nitrogens is 3. The normalized spacial score (nSPS) is 15.6. The molecular formula is C22H24FN5. The van der Waals surface area contributed by atoms with E-state index in [1.165, 1.54) is 0 Å². The maximum absolute atomic E-state index is 12.5. The average Bonchev–Trinajstić information content (AvgIpc) is 2.74. The number of pyridine rings is 1. The molecule has 1 aromatic carbocycles. The monoisotopic (exact) mass is 377 g/mol. The number of halogens is 1. The van der Waals surface area contributed by atoms with E-state index in [9.17, 15) is 4.39 Å². The lowest BCUT2D eigenvalue weighted by Crippen LogP contribution is -2.36. The number of nitrogens with zero attached hydrogens (tertiary/aromatic N) is 4. The predicted octanol–water partition coefficient (Wildman–Crippen LogP) is 4.30. The zero-order valence-electron chi connectivity index (χ0n) is 15.8. The topological polar surface area (TPSA) is 53.9 Å². The summed E-state index contributed by atoms with van der Waals surface area (Å²) in [5.41, 5.74) is 2.86. The molecule has 144 valence electrons. The molecule has 0 bridgehead atoms. The maximum atomic E-state index is 12.5. The zero-order valence-corrected chi connectivity index (χ0v) is 15.8. The van der Waals surface area contributed by atoms with Gasteiger partial charge in [-0.15, -0.1) is 0 Å². The van der Waals surface area contributed by atoms with Crippen molar-refractivity contribution in [3.63, 3.8) is 0 Å². The van der Waals surface area contributed by atoms with Crippen LogP contribution in [0.1, 0.15) is 12.8 Å². The van der Waals surface area contributed by atoms with Crippen molar-refractivity contribution >= 4 is 16.6 Å². The summed E-state index contributed by atoms with van der Waals surface area (Å²) in [5.74, 6) is 1.18. The van der Waals surface area contributed by atoms with Gasteiger partial charge in [-0.05, 0) is 43.5 Å². The third-order valence-electron chi connectivity index (χ3n) is 5.35. The molecule has 28 heavy (non-hydrogen) atoms. The second-order valence-electron chi connectivity index (χ2n) is 7.18. The first-order valence-corrected chi connectivity index (χ1v) is 9.63. The molecule has 1 aliphatic heterocycles. The van der Waals surface area contributed by atoms with Gasteiger partial charge in [0.2, 0.25) is 0 Å². The van der Waals surface area contributed by atoms with Gasteiger partial charge in [-0.2, -0.15) is 0 Å². The largest absolute Gasteiger partial charge is 0.344 e. The van der Waals surface area contributed by atoms with Crippen LogP contribution in [0.4, 0.5) is 10.2 Å².